The summed E-state index contributed by atoms with van der Waals surface area (Å²) >= 11 is 1.98. The summed E-state index contributed by atoms with van der Waals surface area (Å²) in [4.78, 5) is 14.3. The standard InChI is InChI=1S/C14H15NO2S/c16-13-9-11(10-15-5-7-18-8-6-15)17-14-4-2-1-3-12(13)14/h1-4,9H,5-8,10H2. The van der Waals surface area contributed by atoms with Crippen molar-refractivity contribution < 1.29 is 4.42 Å². The lowest BCUT2D eigenvalue weighted by Gasteiger charge is -2.25. The van der Waals surface area contributed by atoms with Gasteiger partial charge < -0.3 is 4.42 Å². The Kier molecular flexibility index (Phi) is 3.39. The molecule has 94 valence electrons. The van der Waals surface area contributed by atoms with Gasteiger partial charge in [-0.2, -0.15) is 11.8 Å². The van der Waals surface area contributed by atoms with Crippen LogP contribution in [0.4, 0.5) is 0 Å². The molecule has 0 radical (unpaired) electrons. The fourth-order valence-corrected chi connectivity index (χ4v) is 3.19. The summed E-state index contributed by atoms with van der Waals surface area (Å²) in [6.07, 6.45) is 0. The van der Waals surface area contributed by atoms with Gasteiger partial charge in [-0.25, -0.2) is 0 Å². The van der Waals surface area contributed by atoms with Gasteiger partial charge in [0.1, 0.15) is 11.3 Å². The summed E-state index contributed by atoms with van der Waals surface area (Å²) in [5.41, 5.74) is 0.740. The first-order valence-corrected chi connectivity index (χ1v) is 7.30. The molecule has 1 aliphatic rings. The number of hydrogen-bond acceptors (Lipinski definition) is 4. The third-order valence-electron chi connectivity index (χ3n) is 3.17. The smallest absolute Gasteiger partial charge is 0.192 e. The van der Waals surface area contributed by atoms with Gasteiger partial charge >= 0.3 is 0 Å². The minimum absolute atomic E-state index is 0.0539. The van der Waals surface area contributed by atoms with Crippen LogP contribution in [-0.2, 0) is 6.54 Å². The quantitative estimate of drug-likeness (QED) is 0.831. The molecule has 3 nitrogen and oxygen atoms in total. The van der Waals surface area contributed by atoms with E-state index in [2.05, 4.69) is 4.90 Å². The molecule has 0 spiro atoms. The van der Waals surface area contributed by atoms with E-state index in [1.807, 2.05) is 36.0 Å². The predicted molar refractivity (Wildman–Crippen MR) is 75.1 cm³/mol. The average molecular weight is 261 g/mol. The van der Waals surface area contributed by atoms with Gasteiger partial charge in [0, 0.05) is 30.7 Å². The molecule has 1 fully saturated rings. The fraction of sp³-hybridized carbons (Fsp3) is 0.357. The topological polar surface area (TPSA) is 33.5 Å². The zero-order valence-electron chi connectivity index (χ0n) is 10.1. The van der Waals surface area contributed by atoms with Crippen LogP contribution in [0.5, 0.6) is 0 Å². The van der Waals surface area contributed by atoms with Crippen molar-refractivity contribution in [1.82, 2.24) is 4.90 Å². The van der Waals surface area contributed by atoms with Crippen molar-refractivity contribution >= 4 is 22.7 Å². The number of nitrogens with zero attached hydrogens (tertiary/aromatic N) is 1. The summed E-state index contributed by atoms with van der Waals surface area (Å²) in [6, 6.07) is 9.05. The summed E-state index contributed by atoms with van der Waals surface area (Å²) in [6.45, 7) is 2.88. The first-order chi connectivity index (χ1) is 8.83. The molecule has 0 aliphatic carbocycles. The highest BCUT2D eigenvalue weighted by molar-refractivity contribution is 7.99. The molecule has 3 rings (SSSR count). The maximum Gasteiger partial charge on any atom is 0.192 e. The van der Waals surface area contributed by atoms with Crippen molar-refractivity contribution in [2.75, 3.05) is 24.6 Å². The van der Waals surface area contributed by atoms with Crippen molar-refractivity contribution in [2.45, 2.75) is 6.54 Å². The third-order valence-corrected chi connectivity index (χ3v) is 4.11. The van der Waals surface area contributed by atoms with Crippen molar-refractivity contribution in [3.8, 4) is 0 Å². The molecule has 1 aromatic carbocycles. The normalized spacial score (nSPS) is 17.1. The molecule has 2 aromatic rings. The van der Waals surface area contributed by atoms with E-state index in [1.54, 1.807) is 6.07 Å². The molecule has 0 atom stereocenters. The van der Waals surface area contributed by atoms with Gasteiger partial charge in [-0.15, -0.1) is 0 Å². The minimum Gasteiger partial charge on any atom is -0.459 e. The van der Waals surface area contributed by atoms with E-state index in [4.69, 9.17) is 4.42 Å². The van der Waals surface area contributed by atoms with Crippen LogP contribution in [0.15, 0.2) is 39.5 Å². The van der Waals surface area contributed by atoms with Crippen molar-refractivity contribution in [3.63, 3.8) is 0 Å². The van der Waals surface area contributed by atoms with Crippen LogP contribution >= 0.6 is 11.8 Å². The Labute approximate surface area is 110 Å². The number of rotatable bonds is 2. The molecule has 2 heterocycles. The van der Waals surface area contributed by atoms with E-state index >= 15 is 0 Å². The molecule has 0 unspecified atom stereocenters. The summed E-state index contributed by atoms with van der Waals surface area (Å²) < 4.78 is 5.80. The first-order valence-electron chi connectivity index (χ1n) is 6.15. The van der Waals surface area contributed by atoms with E-state index in [0.29, 0.717) is 11.0 Å². The number of thioether (sulfide) groups is 1. The van der Waals surface area contributed by atoms with E-state index in [1.165, 1.54) is 0 Å². The second kappa shape index (κ2) is 5.16. The molecule has 0 N–H and O–H groups in total. The lowest BCUT2D eigenvalue weighted by Crippen LogP contribution is -2.32. The van der Waals surface area contributed by atoms with Crippen LogP contribution < -0.4 is 5.43 Å². The summed E-state index contributed by atoms with van der Waals surface area (Å²) in [5, 5.41) is 0.662. The van der Waals surface area contributed by atoms with Gasteiger partial charge in [0.25, 0.3) is 0 Å². The van der Waals surface area contributed by atoms with Gasteiger partial charge in [0.15, 0.2) is 5.43 Å². The molecule has 0 saturated carbocycles. The SMILES string of the molecule is O=c1cc(CN2CCSCC2)oc2ccccc12. The maximum absolute atomic E-state index is 12.0. The molecule has 1 aliphatic heterocycles. The zero-order chi connectivity index (χ0) is 12.4. The Morgan fingerprint density at radius 3 is 2.83 bits per heavy atom. The monoisotopic (exact) mass is 261 g/mol. The molecule has 1 saturated heterocycles. The van der Waals surface area contributed by atoms with E-state index in [0.717, 1.165) is 36.9 Å². The van der Waals surface area contributed by atoms with Crippen molar-refractivity contribution in [2.24, 2.45) is 0 Å². The first kappa shape index (κ1) is 11.8. The van der Waals surface area contributed by atoms with Crippen LogP contribution in [0.1, 0.15) is 5.76 Å². The Bertz CT molecular complexity index is 602. The molecule has 0 bridgehead atoms. The highest BCUT2D eigenvalue weighted by atomic mass is 32.2. The summed E-state index contributed by atoms with van der Waals surface area (Å²) in [5.74, 6) is 3.10. The molecular formula is C14H15NO2S. The average Bonchev–Trinajstić information content (AvgIpc) is 2.40. The van der Waals surface area contributed by atoms with Gasteiger partial charge in [-0.3, -0.25) is 9.69 Å². The number of fused-ring (bicyclic) bond motifs is 1. The minimum atomic E-state index is 0.0539. The maximum atomic E-state index is 12.0. The van der Waals surface area contributed by atoms with Crippen LogP contribution in [0, 0.1) is 0 Å². The fourth-order valence-electron chi connectivity index (χ4n) is 2.21. The van der Waals surface area contributed by atoms with E-state index in [9.17, 15) is 4.79 Å². The van der Waals surface area contributed by atoms with Gasteiger partial charge in [-0.1, -0.05) is 12.1 Å². The van der Waals surface area contributed by atoms with Gasteiger partial charge in [-0.05, 0) is 12.1 Å². The molecule has 1 aromatic heterocycles. The van der Waals surface area contributed by atoms with E-state index < -0.39 is 0 Å². The van der Waals surface area contributed by atoms with Crippen molar-refractivity contribution in [1.29, 1.82) is 0 Å². The Balaban J connectivity index is 1.90. The van der Waals surface area contributed by atoms with Crippen LogP contribution in [-0.4, -0.2) is 29.5 Å². The second-order valence-electron chi connectivity index (χ2n) is 4.46. The predicted octanol–water partition coefficient (Wildman–Crippen LogP) is 2.34. The third kappa shape index (κ3) is 2.44. The van der Waals surface area contributed by atoms with Crippen LogP contribution in [0.3, 0.4) is 0 Å². The Morgan fingerprint density at radius 1 is 1.22 bits per heavy atom. The molecule has 18 heavy (non-hydrogen) atoms. The Morgan fingerprint density at radius 2 is 2.00 bits per heavy atom. The lowest BCUT2D eigenvalue weighted by atomic mass is 10.2. The number of para-hydroxylation sites is 1. The van der Waals surface area contributed by atoms with Crippen molar-refractivity contribution in [3.05, 3.63) is 46.3 Å². The largest absolute Gasteiger partial charge is 0.459 e. The van der Waals surface area contributed by atoms with Crippen LogP contribution in [0.25, 0.3) is 11.0 Å². The number of benzene rings is 1. The molecule has 4 heteroatoms. The highest BCUT2D eigenvalue weighted by Gasteiger charge is 2.13. The zero-order valence-corrected chi connectivity index (χ0v) is 10.9. The highest BCUT2D eigenvalue weighted by Crippen LogP contribution is 2.15. The number of hydrogen-bond donors (Lipinski definition) is 0. The lowest BCUT2D eigenvalue weighted by molar-refractivity contribution is 0.269. The van der Waals surface area contributed by atoms with Gasteiger partial charge in [0.2, 0.25) is 0 Å². The second-order valence-corrected chi connectivity index (χ2v) is 5.69. The Hall–Kier alpha value is -1.26. The summed E-state index contributed by atoms with van der Waals surface area (Å²) in [7, 11) is 0. The van der Waals surface area contributed by atoms with Crippen LogP contribution in [0.2, 0.25) is 0 Å². The van der Waals surface area contributed by atoms with E-state index in [-0.39, 0.29) is 5.43 Å². The molecule has 0 amide bonds. The van der Waals surface area contributed by atoms with Gasteiger partial charge in [0.05, 0.1) is 11.9 Å². The molecular weight excluding hydrogens is 246 g/mol.